The molecule has 2 aromatic heterocycles. The first-order valence-corrected chi connectivity index (χ1v) is 4.25. The van der Waals surface area contributed by atoms with Gasteiger partial charge in [-0.05, 0) is 6.07 Å². The van der Waals surface area contributed by atoms with Gasteiger partial charge in [0.1, 0.15) is 7.11 Å². The van der Waals surface area contributed by atoms with Gasteiger partial charge in [-0.3, -0.25) is 4.84 Å². The predicted octanol–water partition coefficient (Wildman–Crippen LogP) is -0.0784. The summed E-state index contributed by atoms with van der Waals surface area (Å²) < 4.78 is 1.67. The van der Waals surface area contributed by atoms with Crippen molar-refractivity contribution in [1.29, 1.82) is 0 Å². The predicted molar refractivity (Wildman–Crippen MR) is 48.8 cm³/mol. The zero-order chi connectivity index (χ0) is 9.97. The van der Waals surface area contributed by atoms with Gasteiger partial charge in [0.05, 0.1) is 12.4 Å². The lowest BCUT2D eigenvalue weighted by molar-refractivity contribution is -0.889. The summed E-state index contributed by atoms with van der Waals surface area (Å²) in [6.45, 7) is 1.96. The molecule has 0 aromatic carbocycles. The van der Waals surface area contributed by atoms with Gasteiger partial charge in [0.15, 0.2) is 5.69 Å². The molecule has 0 saturated carbocycles. The normalized spacial score (nSPS) is 10.1. The molecule has 0 bridgehead atoms. The summed E-state index contributed by atoms with van der Waals surface area (Å²) in [5, 5.41) is 8.06. The quantitative estimate of drug-likeness (QED) is 0.624. The van der Waals surface area contributed by atoms with Gasteiger partial charge in [-0.1, -0.05) is 0 Å². The summed E-state index contributed by atoms with van der Waals surface area (Å²) in [5.74, 6) is 0. The van der Waals surface area contributed by atoms with Crippen LogP contribution in [-0.4, -0.2) is 22.1 Å². The molecule has 0 amide bonds. The monoisotopic (exact) mass is 191 g/mol. The average molecular weight is 191 g/mol. The Hall–Kier alpha value is -1.91. The van der Waals surface area contributed by atoms with Crippen LogP contribution in [0.2, 0.25) is 0 Å². The Morgan fingerprint density at radius 1 is 1.29 bits per heavy atom. The molecule has 72 valence electrons. The van der Waals surface area contributed by atoms with Crippen LogP contribution < -0.4 is 9.57 Å². The first-order chi connectivity index (χ1) is 6.81. The molecule has 0 radical (unpaired) electrons. The molecule has 0 N–H and O–H groups in total. The van der Waals surface area contributed by atoms with Gasteiger partial charge in [0.25, 0.3) is 0 Å². The van der Waals surface area contributed by atoms with Crippen molar-refractivity contribution in [3.05, 3.63) is 36.4 Å². The van der Waals surface area contributed by atoms with Crippen molar-refractivity contribution < 1.29 is 9.57 Å². The highest BCUT2D eigenvalue weighted by molar-refractivity contribution is 5.23. The fourth-order valence-corrected chi connectivity index (χ4v) is 1.21. The maximum Gasteiger partial charge on any atom is 0.250 e. The van der Waals surface area contributed by atoms with Gasteiger partial charge in [-0.15, -0.1) is 4.80 Å². The van der Waals surface area contributed by atoms with Crippen molar-refractivity contribution in [3.63, 3.8) is 0 Å². The summed E-state index contributed by atoms with van der Waals surface area (Å²) in [5.41, 5.74) is 1.88. The van der Waals surface area contributed by atoms with E-state index in [1.807, 2.05) is 25.3 Å². The minimum atomic E-state index is 0.863. The Bertz CT molecular complexity index is 424. The number of hydrogen-bond acceptors (Lipinski definition) is 3. The molecule has 0 aliphatic carbocycles. The standard InChI is InChI=1S/C9H11N4O/c1-8-3-4-9(7-12(8)14-2)13-10-5-6-11-13/h3-7H,1-2H3/q+1. The highest BCUT2D eigenvalue weighted by atomic mass is 16.6. The van der Waals surface area contributed by atoms with Crippen molar-refractivity contribution in [2.75, 3.05) is 7.11 Å². The third-order valence-electron chi connectivity index (χ3n) is 1.94. The number of nitrogens with zero attached hydrogens (tertiary/aromatic N) is 4. The second-order valence-corrected chi connectivity index (χ2v) is 2.86. The van der Waals surface area contributed by atoms with Crippen LogP contribution in [0.5, 0.6) is 0 Å². The third kappa shape index (κ3) is 1.44. The van der Waals surface area contributed by atoms with Crippen LogP contribution in [0.3, 0.4) is 0 Å². The fraction of sp³-hybridized carbons (Fsp3) is 0.222. The second kappa shape index (κ2) is 3.45. The van der Waals surface area contributed by atoms with Crippen LogP contribution in [-0.2, 0) is 0 Å². The molecule has 0 atom stereocenters. The van der Waals surface area contributed by atoms with Crippen molar-refractivity contribution in [1.82, 2.24) is 15.0 Å². The molecule has 0 aliphatic rings. The average Bonchev–Trinajstić information content (AvgIpc) is 2.71. The van der Waals surface area contributed by atoms with E-state index >= 15 is 0 Å². The van der Waals surface area contributed by atoms with Crippen LogP contribution in [0.15, 0.2) is 30.7 Å². The minimum absolute atomic E-state index is 0.863. The number of aryl methyl sites for hydroxylation is 1. The van der Waals surface area contributed by atoms with E-state index in [4.69, 9.17) is 4.84 Å². The van der Waals surface area contributed by atoms with E-state index in [9.17, 15) is 0 Å². The van der Waals surface area contributed by atoms with E-state index in [0.29, 0.717) is 0 Å². The van der Waals surface area contributed by atoms with Crippen LogP contribution in [0.4, 0.5) is 0 Å². The van der Waals surface area contributed by atoms with Crippen LogP contribution in [0.25, 0.3) is 5.69 Å². The molecule has 2 heterocycles. The Labute approximate surface area is 81.5 Å². The SMILES string of the molecule is CO[n+]1cc(-n2nccn2)ccc1C. The summed E-state index contributed by atoms with van der Waals surface area (Å²) in [7, 11) is 1.62. The van der Waals surface area contributed by atoms with E-state index in [-0.39, 0.29) is 0 Å². The molecule has 5 nitrogen and oxygen atoms in total. The lowest BCUT2D eigenvalue weighted by Crippen LogP contribution is -2.43. The molecule has 0 unspecified atom stereocenters. The highest BCUT2D eigenvalue weighted by Gasteiger charge is 2.09. The van der Waals surface area contributed by atoms with Gasteiger partial charge < -0.3 is 0 Å². The topological polar surface area (TPSA) is 43.8 Å². The molecule has 2 rings (SSSR count). The number of hydrogen-bond donors (Lipinski definition) is 0. The molecular formula is C9H11N4O+. The van der Waals surface area contributed by atoms with E-state index in [1.165, 1.54) is 4.80 Å². The molecule has 14 heavy (non-hydrogen) atoms. The first kappa shape index (κ1) is 8.68. The Morgan fingerprint density at radius 3 is 2.64 bits per heavy atom. The lowest BCUT2D eigenvalue weighted by atomic mass is 10.3. The number of pyridine rings is 1. The van der Waals surface area contributed by atoms with Gasteiger partial charge in [-0.25, -0.2) is 0 Å². The number of aromatic nitrogens is 4. The van der Waals surface area contributed by atoms with E-state index in [2.05, 4.69) is 10.2 Å². The Morgan fingerprint density at radius 2 is 2.00 bits per heavy atom. The van der Waals surface area contributed by atoms with Gasteiger partial charge >= 0.3 is 0 Å². The Balaban J connectivity index is 2.46. The maximum absolute atomic E-state index is 5.13. The van der Waals surface area contributed by atoms with Crippen LogP contribution in [0.1, 0.15) is 5.69 Å². The zero-order valence-corrected chi connectivity index (χ0v) is 8.08. The Kier molecular flexibility index (Phi) is 2.14. The lowest BCUT2D eigenvalue weighted by Gasteiger charge is -1.98. The first-order valence-electron chi connectivity index (χ1n) is 4.25. The van der Waals surface area contributed by atoms with E-state index in [0.717, 1.165) is 11.4 Å². The van der Waals surface area contributed by atoms with Crippen molar-refractivity contribution in [3.8, 4) is 5.69 Å². The molecule has 0 aliphatic heterocycles. The van der Waals surface area contributed by atoms with E-state index in [1.54, 1.807) is 24.2 Å². The second-order valence-electron chi connectivity index (χ2n) is 2.86. The minimum Gasteiger partial charge on any atom is -0.274 e. The van der Waals surface area contributed by atoms with Gasteiger partial charge in [0, 0.05) is 17.7 Å². The van der Waals surface area contributed by atoms with Crippen molar-refractivity contribution >= 4 is 0 Å². The summed E-state index contributed by atoms with van der Waals surface area (Å²) in [4.78, 5) is 6.67. The molecule has 0 saturated heterocycles. The van der Waals surface area contributed by atoms with E-state index < -0.39 is 0 Å². The van der Waals surface area contributed by atoms with Crippen LogP contribution in [0, 0.1) is 6.92 Å². The maximum atomic E-state index is 5.13. The number of rotatable bonds is 2. The molecule has 5 heteroatoms. The molecule has 0 spiro atoms. The zero-order valence-electron chi connectivity index (χ0n) is 8.08. The van der Waals surface area contributed by atoms with Crippen LogP contribution >= 0.6 is 0 Å². The molecular weight excluding hydrogens is 180 g/mol. The van der Waals surface area contributed by atoms with Gasteiger partial charge in [-0.2, -0.15) is 10.2 Å². The fourth-order valence-electron chi connectivity index (χ4n) is 1.21. The molecule has 2 aromatic rings. The smallest absolute Gasteiger partial charge is 0.250 e. The molecule has 0 fully saturated rings. The van der Waals surface area contributed by atoms with Crippen molar-refractivity contribution in [2.45, 2.75) is 6.92 Å². The summed E-state index contributed by atoms with van der Waals surface area (Å²) >= 11 is 0. The highest BCUT2D eigenvalue weighted by Crippen LogP contribution is 2.00. The largest absolute Gasteiger partial charge is 0.274 e. The summed E-state index contributed by atoms with van der Waals surface area (Å²) in [6.07, 6.45) is 5.10. The van der Waals surface area contributed by atoms with Gasteiger partial charge in [0.2, 0.25) is 11.9 Å². The summed E-state index contributed by atoms with van der Waals surface area (Å²) in [6, 6.07) is 3.88. The third-order valence-corrected chi connectivity index (χ3v) is 1.94. The van der Waals surface area contributed by atoms with Crippen molar-refractivity contribution in [2.24, 2.45) is 0 Å².